The van der Waals surface area contributed by atoms with E-state index in [1.165, 1.54) is 7.11 Å². The summed E-state index contributed by atoms with van der Waals surface area (Å²) < 4.78 is 15.1. The van der Waals surface area contributed by atoms with Crippen LogP contribution in [0.2, 0.25) is 0 Å². The van der Waals surface area contributed by atoms with E-state index in [-0.39, 0.29) is 17.7 Å². The maximum atomic E-state index is 12.1. The van der Waals surface area contributed by atoms with Crippen LogP contribution in [0.3, 0.4) is 0 Å². The largest absolute Gasteiger partial charge is 0.462 e. The molecule has 0 heterocycles. The van der Waals surface area contributed by atoms with Gasteiger partial charge in [-0.2, -0.15) is 0 Å². The first-order valence-corrected chi connectivity index (χ1v) is 7.63. The number of hydrogen-bond donors (Lipinski definition) is 0. The number of rotatable bonds is 10. The minimum atomic E-state index is -0.546. The summed E-state index contributed by atoms with van der Waals surface area (Å²) in [6, 6.07) is 6.51. The first kappa shape index (κ1) is 18.2. The molecule has 0 aliphatic heterocycles. The van der Waals surface area contributed by atoms with E-state index >= 15 is 0 Å². The standard InChI is InChI=1S/C17H24O5/c1-3-4-5-8-11-21-16(18)14-9-6-7-10-15(14)17(19)22-13-12-20-2/h6-7,9-10H,3-5,8,11-13H2,1-2H3. The van der Waals surface area contributed by atoms with Crippen LogP contribution in [0, 0.1) is 0 Å². The number of benzene rings is 1. The zero-order valence-electron chi connectivity index (χ0n) is 13.3. The molecule has 0 saturated carbocycles. The molecule has 0 spiro atoms. The molecule has 122 valence electrons. The van der Waals surface area contributed by atoms with Crippen LogP contribution >= 0.6 is 0 Å². The maximum Gasteiger partial charge on any atom is 0.339 e. The number of esters is 2. The SMILES string of the molecule is CCCCCCOC(=O)c1ccccc1C(=O)OCCOC. The molecule has 1 aromatic carbocycles. The van der Waals surface area contributed by atoms with Crippen LogP contribution in [0.4, 0.5) is 0 Å². The van der Waals surface area contributed by atoms with E-state index in [1.54, 1.807) is 24.3 Å². The molecule has 1 rings (SSSR count). The number of hydrogen-bond acceptors (Lipinski definition) is 5. The Balaban J connectivity index is 2.58. The van der Waals surface area contributed by atoms with Crippen LogP contribution in [0.15, 0.2) is 24.3 Å². The summed E-state index contributed by atoms with van der Waals surface area (Å²) in [4.78, 5) is 24.1. The van der Waals surface area contributed by atoms with Gasteiger partial charge in [-0.3, -0.25) is 0 Å². The zero-order chi connectivity index (χ0) is 16.2. The second-order valence-corrected chi connectivity index (χ2v) is 4.87. The topological polar surface area (TPSA) is 61.8 Å². The van der Waals surface area contributed by atoms with Crippen molar-refractivity contribution in [3.63, 3.8) is 0 Å². The fourth-order valence-electron chi connectivity index (χ4n) is 1.91. The van der Waals surface area contributed by atoms with Crippen LogP contribution in [0.1, 0.15) is 53.3 Å². The quantitative estimate of drug-likeness (QED) is 0.490. The molecule has 1 aromatic rings. The molecule has 22 heavy (non-hydrogen) atoms. The average molecular weight is 308 g/mol. The average Bonchev–Trinajstić information content (AvgIpc) is 2.54. The summed E-state index contributed by atoms with van der Waals surface area (Å²) in [7, 11) is 1.53. The van der Waals surface area contributed by atoms with E-state index in [9.17, 15) is 9.59 Å². The van der Waals surface area contributed by atoms with E-state index in [0.717, 1.165) is 25.7 Å². The predicted molar refractivity (Wildman–Crippen MR) is 83.0 cm³/mol. The lowest BCUT2D eigenvalue weighted by molar-refractivity contribution is 0.0372. The summed E-state index contributed by atoms with van der Waals surface area (Å²) in [5.41, 5.74) is 0.456. The van der Waals surface area contributed by atoms with Crippen LogP contribution < -0.4 is 0 Å². The van der Waals surface area contributed by atoms with Crippen molar-refractivity contribution in [3.05, 3.63) is 35.4 Å². The van der Waals surface area contributed by atoms with Crippen molar-refractivity contribution in [1.82, 2.24) is 0 Å². The molecule has 0 radical (unpaired) electrons. The smallest absolute Gasteiger partial charge is 0.339 e. The molecule has 0 fully saturated rings. The second-order valence-electron chi connectivity index (χ2n) is 4.87. The first-order chi connectivity index (χ1) is 10.7. The lowest BCUT2D eigenvalue weighted by atomic mass is 10.1. The fraction of sp³-hybridized carbons (Fsp3) is 0.529. The number of methoxy groups -OCH3 is 1. The zero-order valence-corrected chi connectivity index (χ0v) is 13.3. The van der Waals surface area contributed by atoms with Crippen molar-refractivity contribution < 1.29 is 23.8 Å². The highest BCUT2D eigenvalue weighted by molar-refractivity contribution is 6.03. The van der Waals surface area contributed by atoms with Gasteiger partial charge in [0.1, 0.15) is 6.61 Å². The molecular formula is C17H24O5. The maximum absolute atomic E-state index is 12.1. The minimum Gasteiger partial charge on any atom is -0.462 e. The van der Waals surface area contributed by atoms with Gasteiger partial charge in [-0.05, 0) is 18.6 Å². The third-order valence-electron chi connectivity index (χ3n) is 3.12. The van der Waals surface area contributed by atoms with E-state index in [2.05, 4.69) is 6.92 Å². The third kappa shape index (κ3) is 6.26. The van der Waals surface area contributed by atoms with Gasteiger partial charge in [0.25, 0.3) is 0 Å². The Morgan fingerprint density at radius 2 is 1.45 bits per heavy atom. The molecule has 5 nitrogen and oxygen atoms in total. The van der Waals surface area contributed by atoms with Gasteiger partial charge in [-0.25, -0.2) is 9.59 Å². The van der Waals surface area contributed by atoms with E-state index in [1.807, 2.05) is 0 Å². The van der Waals surface area contributed by atoms with Crippen molar-refractivity contribution in [2.24, 2.45) is 0 Å². The number of carbonyl (C=O) groups is 2. The predicted octanol–water partition coefficient (Wildman–Crippen LogP) is 3.23. The summed E-state index contributed by atoms with van der Waals surface area (Å²) in [6.45, 7) is 2.95. The highest BCUT2D eigenvalue weighted by Crippen LogP contribution is 2.12. The Labute approximate surface area is 131 Å². The minimum absolute atomic E-state index is 0.149. The normalized spacial score (nSPS) is 10.3. The van der Waals surface area contributed by atoms with Gasteiger partial charge < -0.3 is 14.2 Å². The lowest BCUT2D eigenvalue weighted by Gasteiger charge is -2.09. The van der Waals surface area contributed by atoms with Gasteiger partial charge in [0.05, 0.1) is 24.3 Å². The molecule has 0 N–H and O–H groups in total. The van der Waals surface area contributed by atoms with Gasteiger partial charge in [0, 0.05) is 7.11 Å². The molecule has 0 aromatic heterocycles. The fourth-order valence-corrected chi connectivity index (χ4v) is 1.91. The third-order valence-corrected chi connectivity index (χ3v) is 3.12. The summed E-state index contributed by atoms with van der Waals surface area (Å²) in [5.74, 6) is -1.04. The summed E-state index contributed by atoms with van der Waals surface area (Å²) >= 11 is 0. The molecular weight excluding hydrogens is 284 g/mol. The van der Waals surface area contributed by atoms with Gasteiger partial charge in [-0.15, -0.1) is 0 Å². The Morgan fingerprint density at radius 1 is 0.864 bits per heavy atom. The Bertz CT molecular complexity index is 470. The summed E-state index contributed by atoms with van der Waals surface area (Å²) in [5, 5.41) is 0. The Morgan fingerprint density at radius 3 is 2.00 bits per heavy atom. The van der Waals surface area contributed by atoms with Crippen molar-refractivity contribution in [2.45, 2.75) is 32.6 Å². The first-order valence-electron chi connectivity index (χ1n) is 7.63. The van der Waals surface area contributed by atoms with Crippen molar-refractivity contribution >= 4 is 11.9 Å². The second kappa shape index (κ2) is 10.8. The van der Waals surface area contributed by atoms with Gasteiger partial charge in [0.2, 0.25) is 0 Å². The van der Waals surface area contributed by atoms with Crippen LogP contribution in [0.5, 0.6) is 0 Å². The Kier molecular flexibility index (Phi) is 8.91. The number of ether oxygens (including phenoxy) is 3. The monoisotopic (exact) mass is 308 g/mol. The molecule has 5 heteroatoms. The summed E-state index contributed by atoms with van der Waals surface area (Å²) in [6.07, 6.45) is 4.12. The van der Waals surface area contributed by atoms with Crippen molar-refractivity contribution in [2.75, 3.05) is 26.9 Å². The molecule has 0 saturated heterocycles. The molecule has 0 aliphatic rings. The molecule has 0 unspecified atom stereocenters. The van der Waals surface area contributed by atoms with E-state index < -0.39 is 11.9 Å². The highest BCUT2D eigenvalue weighted by Gasteiger charge is 2.18. The van der Waals surface area contributed by atoms with Crippen LogP contribution in [-0.4, -0.2) is 38.9 Å². The van der Waals surface area contributed by atoms with E-state index in [4.69, 9.17) is 14.2 Å². The van der Waals surface area contributed by atoms with Crippen molar-refractivity contribution in [3.8, 4) is 0 Å². The van der Waals surface area contributed by atoms with Gasteiger partial charge in [0.15, 0.2) is 0 Å². The lowest BCUT2D eigenvalue weighted by Crippen LogP contribution is -2.16. The van der Waals surface area contributed by atoms with Crippen molar-refractivity contribution in [1.29, 1.82) is 0 Å². The van der Waals surface area contributed by atoms with Crippen LogP contribution in [0.25, 0.3) is 0 Å². The molecule has 0 bridgehead atoms. The molecule has 0 aliphatic carbocycles. The number of unbranched alkanes of at least 4 members (excludes halogenated alkanes) is 3. The van der Waals surface area contributed by atoms with E-state index in [0.29, 0.717) is 13.2 Å². The molecule has 0 atom stereocenters. The van der Waals surface area contributed by atoms with Gasteiger partial charge in [-0.1, -0.05) is 38.3 Å². The highest BCUT2D eigenvalue weighted by atomic mass is 16.6. The Hall–Kier alpha value is -1.88. The van der Waals surface area contributed by atoms with Gasteiger partial charge >= 0.3 is 11.9 Å². The molecule has 0 amide bonds. The number of carbonyl (C=O) groups excluding carboxylic acids is 2. The van der Waals surface area contributed by atoms with Crippen LogP contribution in [-0.2, 0) is 14.2 Å².